The summed E-state index contributed by atoms with van der Waals surface area (Å²) in [6.07, 6.45) is 0.356. The lowest BCUT2D eigenvalue weighted by Crippen LogP contribution is -2.26. The van der Waals surface area contributed by atoms with Crippen molar-refractivity contribution in [2.24, 2.45) is 0 Å². The number of amides is 1. The molecule has 2 rings (SSSR count). The molecule has 0 aromatic heterocycles. The van der Waals surface area contributed by atoms with Crippen molar-refractivity contribution in [3.63, 3.8) is 0 Å². The van der Waals surface area contributed by atoms with Crippen LogP contribution >= 0.6 is 0 Å². The predicted octanol–water partition coefficient (Wildman–Crippen LogP) is 2.89. The predicted molar refractivity (Wildman–Crippen MR) is 76.2 cm³/mol. The molecule has 0 fully saturated rings. The van der Waals surface area contributed by atoms with E-state index in [1.54, 1.807) is 11.9 Å². The van der Waals surface area contributed by atoms with E-state index in [1.807, 2.05) is 42.5 Å². The number of ketones is 1. The molecule has 2 aromatic carbocycles. The highest BCUT2D eigenvalue weighted by Gasteiger charge is 2.09. The van der Waals surface area contributed by atoms with Gasteiger partial charge in [-0.25, -0.2) is 0 Å². The molecule has 0 unspecified atom stereocenters. The van der Waals surface area contributed by atoms with Crippen LogP contribution in [0.1, 0.15) is 23.7 Å². The molecular formula is C16H17NO2. The van der Waals surface area contributed by atoms with Crippen LogP contribution in [0.5, 0.6) is 0 Å². The normalized spacial score (nSPS) is 10.4. The zero-order valence-electron chi connectivity index (χ0n) is 11.2. The Hall–Kier alpha value is -2.16. The van der Waals surface area contributed by atoms with Gasteiger partial charge >= 0.3 is 0 Å². The molecule has 2 aromatic rings. The molecule has 0 spiro atoms. The molecule has 3 heteroatoms. The number of Topliss-reactive ketones (excluding diaryl/α,β-unsaturated/α-hetero) is 1. The molecule has 0 aliphatic rings. The third-order valence-corrected chi connectivity index (χ3v) is 3.28. The van der Waals surface area contributed by atoms with Crippen molar-refractivity contribution in [3.05, 3.63) is 48.0 Å². The first-order valence-electron chi connectivity index (χ1n) is 6.31. The summed E-state index contributed by atoms with van der Waals surface area (Å²) >= 11 is 0. The van der Waals surface area contributed by atoms with E-state index in [2.05, 4.69) is 0 Å². The van der Waals surface area contributed by atoms with E-state index in [4.69, 9.17) is 0 Å². The summed E-state index contributed by atoms with van der Waals surface area (Å²) in [7, 11) is 1.70. The maximum absolute atomic E-state index is 12.1. The second-order valence-electron chi connectivity index (χ2n) is 4.68. The average molecular weight is 255 g/mol. The number of hydrogen-bond donors (Lipinski definition) is 0. The van der Waals surface area contributed by atoms with Crippen molar-refractivity contribution in [1.82, 2.24) is 4.90 Å². The van der Waals surface area contributed by atoms with Gasteiger partial charge in [-0.2, -0.15) is 0 Å². The first kappa shape index (κ1) is 13.3. The Bertz CT molecular complexity index is 619. The quantitative estimate of drug-likeness (QED) is 0.788. The van der Waals surface area contributed by atoms with Crippen LogP contribution in [0.25, 0.3) is 10.8 Å². The van der Waals surface area contributed by atoms with Crippen molar-refractivity contribution in [2.75, 3.05) is 13.6 Å². The fourth-order valence-corrected chi connectivity index (χ4v) is 1.93. The van der Waals surface area contributed by atoms with Gasteiger partial charge in [-0.15, -0.1) is 0 Å². The minimum absolute atomic E-state index is 0.0219. The van der Waals surface area contributed by atoms with Gasteiger partial charge in [0.15, 0.2) is 5.78 Å². The third-order valence-electron chi connectivity index (χ3n) is 3.28. The first-order valence-corrected chi connectivity index (χ1v) is 6.31. The monoisotopic (exact) mass is 255 g/mol. The van der Waals surface area contributed by atoms with Gasteiger partial charge in [0.25, 0.3) is 0 Å². The minimum atomic E-state index is -0.0219. The number of benzene rings is 2. The second kappa shape index (κ2) is 5.65. The minimum Gasteiger partial charge on any atom is -0.346 e. The van der Waals surface area contributed by atoms with Crippen molar-refractivity contribution in [1.29, 1.82) is 0 Å². The molecule has 0 saturated heterocycles. The number of fused-ring (bicyclic) bond motifs is 1. The summed E-state index contributed by atoms with van der Waals surface area (Å²) in [4.78, 5) is 24.7. The van der Waals surface area contributed by atoms with Gasteiger partial charge in [0.2, 0.25) is 5.91 Å². The molecular weight excluding hydrogens is 238 g/mol. The topological polar surface area (TPSA) is 37.4 Å². The number of nitrogens with zero attached hydrogens (tertiary/aromatic N) is 1. The molecule has 0 aliphatic carbocycles. The van der Waals surface area contributed by atoms with Crippen LogP contribution in [-0.4, -0.2) is 30.2 Å². The summed E-state index contributed by atoms with van der Waals surface area (Å²) < 4.78 is 0. The van der Waals surface area contributed by atoms with E-state index in [9.17, 15) is 9.59 Å². The van der Waals surface area contributed by atoms with Crippen LogP contribution in [-0.2, 0) is 4.79 Å². The smallest absolute Gasteiger partial charge is 0.219 e. The van der Waals surface area contributed by atoms with E-state index < -0.39 is 0 Å². The Morgan fingerprint density at radius 2 is 1.74 bits per heavy atom. The fourth-order valence-electron chi connectivity index (χ4n) is 1.93. The second-order valence-corrected chi connectivity index (χ2v) is 4.68. The molecule has 3 nitrogen and oxygen atoms in total. The largest absolute Gasteiger partial charge is 0.346 e. The van der Waals surface area contributed by atoms with Crippen LogP contribution < -0.4 is 0 Å². The van der Waals surface area contributed by atoms with E-state index in [0.717, 1.165) is 10.8 Å². The highest BCUT2D eigenvalue weighted by atomic mass is 16.2. The summed E-state index contributed by atoms with van der Waals surface area (Å²) in [5.74, 6) is 0.0464. The van der Waals surface area contributed by atoms with E-state index in [1.165, 1.54) is 6.92 Å². The molecule has 0 bridgehead atoms. The van der Waals surface area contributed by atoms with Gasteiger partial charge in [0.1, 0.15) is 0 Å². The maximum atomic E-state index is 12.1. The Labute approximate surface area is 112 Å². The highest BCUT2D eigenvalue weighted by Crippen LogP contribution is 2.16. The average Bonchev–Trinajstić information content (AvgIpc) is 2.43. The Kier molecular flexibility index (Phi) is 3.95. The van der Waals surface area contributed by atoms with Crippen LogP contribution in [0.15, 0.2) is 42.5 Å². The zero-order valence-corrected chi connectivity index (χ0v) is 11.2. The fraction of sp³-hybridized carbons (Fsp3) is 0.250. The van der Waals surface area contributed by atoms with Crippen molar-refractivity contribution in [2.45, 2.75) is 13.3 Å². The number of hydrogen-bond acceptors (Lipinski definition) is 2. The first-order chi connectivity index (χ1) is 9.08. The summed E-state index contributed by atoms with van der Waals surface area (Å²) in [6, 6.07) is 13.7. The molecule has 0 N–H and O–H groups in total. The Morgan fingerprint density at radius 3 is 2.42 bits per heavy atom. The summed E-state index contributed by atoms with van der Waals surface area (Å²) in [6.45, 7) is 1.96. The van der Waals surface area contributed by atoms with Gasteiger partial charge in [-0.05, 0) is 16.8 Å². The number of carbonyl (C=O) groups excluding carboxylic acids is 2. The molecule has 98 valence electrons. The maximum Gasteiger partial charge on any atom is 0.219 e. The third kappa shape index (κ3) is 3.19. The van der Waals surface area contributed by atoms with Crippen LogP contribution in [0.3, 0.4) is 0 Å². The SMILES string of the molecule is CC(=O)N(C)CCC(=O)c1ccc2ccccc2c1. The van der Waals surface area contributed by atoms with E-state index in [0.29, 0.717) is 18.5 Å². The van der Waals surface area contributed by atoms with Crippen LogP contribution in [0.4, 0.5) is 0 Å². The van der Waals surface area contributed by atoms with Crippen molar-refractivity contribution in [3.8, 4) is 0 Å². The van der Waals surface area contributed by atoms with Gasteiger partial charge < -0.3 is 4.90 Å². The number of carbonyl (C=O) groups is 2. The molecule has 0 heterocycles. The van der Waals surface area contributed by atoms with Gasteiger partial charge in [0, 0.05) is 32.5 Å². The lowest BCUT2D eigenvalue weighted by atomic mass is 10.0. The summed E-state index contributed by atoms with van der Waals surface area (Å²) in [5, 5.41) is 2.19. The molecule has 1 amide bonds. The molecule has 0 aliphatic heterocycles. The molecule has 0 radical (unpaired) electrons. The van der Waals surface area contributed by atoms with Gasteiger partial charge in [0.05, 0.1) is 0 Å². The van der Waals surface area contributed by atoms with Crippen LogP contribution in [0.2, 0.25) is 0 Å². The molecule has 19 heavy (non-hydrogen) atoms. The Morgan fingerprint density at radius 1 is 1.05 bits per heavy atom. The van der Waals surface area contributed by atoms with Crippen LogP contribution in [0, 0.1) is 0 Å². The highest BCUT2D eigenvalue weighted by molar-refractivity contribution is 6.00. The number of rotatable bonds is 4. The van der Waals surface area contributed by atoms with Crippen molar-refractivity contribution >= 4 is 22.5 Å². The summed E-state index contributed by atoms with van der Waals surface area (Å²) in [5.41, 5.74) is 0.704. The molecule has 0 saturated carbocycles. The Balaban J connectivity index is 2.11. The lowest BCUT2D eigenvalue weighted by Gasteiger charge is -2.13. The van der Waals surface area contributed by atoms with E-state index in [-0.39, 0.29) is 11.7 Å². The van der Waals surface area contributed by atoms with Crippen molar-refractivity contribution < 1.29 is 9.59 Å². The zero-order chi connectivity index (χ0) is 13.8. The molecule has 0 atom stereocenters. The lowest BCUT2D eigenvalue weighted by molar-refractivity contribution is -0.127. The van der Waals surface area contributed by atoms with Gasteiger partial charge in [-0.1, -0.05) is 36.4 Å². The standard InChI is InChI=1S/C16H17NO2/c1-12(18)17(2)10-9-16(19)15-8-7-13-5-3-4-6-14(13)11-15/h3-8,11H,9-10H2,1-2H3. The van der Waals surface area contributed by atoms with Gasteiger partial charge in [-0.3, -0.25) is 9.59 Å². The van der Waals surface area contributed by atoms with E-state index >= 15 is 0 Å².